The van der Waals surface area contributed by atoms with Gasteiger partial charge < -0.3 is 5.32 Å². The van der Waals surface area contributed by atoms with Crippen molar-refractivity contribution in [1.29, 1.82) is 0 Å². The average molecular weight is 343 g/mol. The maximum atomic E-state index is 12.4. The Morgan fingerprint density at radius 2 is 1.76 bits per heavy atom. The van der Waals surface area contributed by atoms with Crippen molar-refractivity contribution in [3.63, 3.8) is 0 Å². The van der Waals surface area contributed by atoms with Crippen LogP contribution in [0.4, 0.5) is 11.4 Å². The fourth-order valence-electron chi connectivity index (χ4n) is 2.28. The van der Waals surface area contributed by atoms with E-state index in [1.165, 1.54) is 12.1 Å². The van der Waals surface area contributed by atoms with E-state index < -0.39 is 10.0 Å². The number of halogens is 2. The van der Waals surface area contributed by atoms with Gasteiger partial charge in [0.15, 0.2) is 0 Å². The van der Waals surface area contributed by atoms with Crippen LogP contribution in [0.3, 0.4) is 0 Å². The van der Waals surface area contributed by atoms with E-state index in [9.17, 15) is 8.42 Å². The summed E-state index contributed by atoms with van der Waals surface area (Å²) >= 11 is 11.7. The Kier molecular flexibility index (Phi) is 3.73. The maximum absolute atomic E-state index is 12.4. The molecule has 0 atom stereocenters. The second-order valence-electron chi connectivity index (χ2n) is 4.76. The quantitative estimate of drug-likeness (QED) is 0.892. The number of anilines is 2. The lowest BCUT2D eigenvalue weighted by molar-refractivity contribution is 0.601. The van der Waals surface area contributed by atoms with Crippen LogP contribution in [0.25, 0.3) is 0 Å². The van der Waals surface area contributed by atoms with Crippen molar-refractivity contribution in [3.8, 4) is 0 Å². The minimum absolute atomic E-state index is 0.223. The number of nitrogens with one attached hydrogen (secondary N) is 2. The largest absolute Gasteiger partial charge is 0.384 e. The SMILES string of the molecule is O=S(=O)(Nc1cc(Cl)cc(Cl)c1)c1ccc2c(c1)CCN2. The van der Waals surface area contributed by atoms with Crippen LogP contribution < -0.4 is 10.0 Å². The monoisotopic (exact) mass is 342 g/mol. The van der Waals surface area contributed by atoms with Gasteiger partial charge in [-0.1, -0.05) is 23.2 Å². The van der Waals surface area contributed by atoms with Crippen molar-refractivity contribution in [2.75, 3.05) is 16.6 Å². The van der Waals surface area contributed by atoms with Gasteiger partial charge in [0.25, 0.3) is 10.0 Å². The van der Waals surface area contributed by atoms with Gasteiger partial charge in [-0.3, -0.25) is 4.72 Å². The zero-order valence-electron chi connectivity index (χ0n) is 10.9. The first-order valence-electron chi connectivity index (χ1n) is 6.30. The second kappa shape index (κ2) is 5.40. The molecule has 0 fully saturated rings. The predicted octanol–water partition coefficient (Wildman–Crippen LogP) is 3.76. The summed E-state index contributed by atoms with van der Waals surface area (Å²) in [5.74, 6) is 0. The Hall–Kier alpha value is -1.43. The summed E-state index contributed by atoms with van der Waals surface area (Å²) in [6.07, 6.45) is 0.821. The fraction of sp³-hybridized carbons (Fsp3) is 0.143. The van der Waals surface area contributed by atoms with Crippen molar-refractivity contribution in [2.24, 2.45) is 0 Å². The van der Waals surface area contributed by atoms with Crippen molar-refractivity contribution in [2.45, 2.75) is 11.3 Å². The minimum atomic E-state index is -3.66. The Morgan fingerprint density at radius 3 is 2.48 bits per heavy atom. The van der Waals surface area contributed by atoms with Gasteiger partial charge in [-0.15, -0.1) is 0 Å². The number of hydrogen-bond donors (Lipinski definition) is 2. The molecule has 2 aromatic carbocycles. The van der Waals surface area contributed by atoms with Crippen LogP contribution in [0.15, 0.2) is 41.3 Å². The molecule has 3 rings (SSSR count). The van der Waals surface area contributed by atoms with Crippen LogP contribution in [0.2, 0.25) is 10.0 Å². The molecule has 0 amide bonds. The summed E-state index contributed by atoms with van der Waals surface area (Å²) in [7, 11) is -3.66. The highest BCUT2D eigenvalue weighted by molar-refractivity contribution is 7.92. The van der Waals surface area contributed by atoms with E-state index in [0.717, 1.165) is 24.2 Å². The van der Waals surface area contributed by atoms with Gasteiger partial charge in [-0.25, -0.2) is 8.42 Å². The molecule has 0 radical (unpaired) electrons. The van der Waals surface area contributed by atoms with Crippen LogP contribution >= 0.6 is 23.2 Å². The first-order valence-corrected chi connectivity index (χ1v) is 8.54. The zero-order chi connectivity index (χ0) is 15.0. The highest BCUT2D eigenvalue weighted by Gasteiger charge is 2.18. The first-order chi connectivity index (χ1) is 9.94. The molecule has 1 aliphatic heterocycles. The van der Waals surface area contributed by atoms with Gasteiger partial charge in [0.05, 0.1) is 10.6 Å². The second-order valence-corrected chi connectivity index (χ2v) is 7.31. The molecule has 4 nitrogen and oxygen atoms in total. The Morgan fingerprint density at radius 1 is 1.05 bits per heavy atom. The number of hydrogen-bond acceptors (Lipinski definition) is 3. The van der Waals surface area contributed by atoms with Gasteiger partial charge in [-0.2, -0.15) is 0 Å². The Labute approximate surface area is 133 Å². The Bertz CT molecular complexity index is 786. The normalized spacial score (nSPS) is 13.6. The molecule has 21 heavy (non-hydrogen) atoms. The first kappa shape index (κ1) is 14.5. The van der Waals surface area contributed by atoms with Gasteiger partial charge in [0, 0.05) is 22.3 Å². The summed E-state index contributed by atoms with van der Waals surface area (Å²) in [6.45, 7) is 0.830. The van der Waals surface area contributed by atoms with E-state index in [-0.39, 0.29) is 4.90 Å². The van der Waals surface area contributed by atoms with E-state index in [0.29, 0.717) is 15.7 Å². The smallest absolute Gasteiger partial charge is 0.261 e. The highest BCUT2D eigenvalue weighted by Crippen LogP contribution is 2.28. The van der Waals surface area contributed by atoms with Gasteiger partial charge >= 0.3 is 0 Å². The molecule has 0 saturated heterocycles. The third-order valence-electron chi connectivity index (χ3n) is 3.21. The molecule has 1 heterocycles. The summed E-state index contributed by atoms with van der Waals surface area (Å²) < 4.78 is 27.3. The van der Waals surface area contributed by atoms with Crippen LogP contribution in [0.5, 0.6) is 0 Å². The van der Waals surface area contributed by atoms with E-state index in [1.54, 1.807) is 24.3 Å². The van der Waals surface area contributed by atoms with E-state index in [2.05, 4.69) is 10.0 Å². The molecule has 7 heteroatoms. The van der Waals surface area contributed by atoms with Crippen molar-refractivity contribution >= 4 is 44.6 Å². The minimum Gasteiger partial charge on any atom is -0.384 e. The van der Waals surface area contributed by atoms with Crippen LogP contribution in [-0.2, 0) is 16.4 Å². The molecule has 0 unspecified atom stereocenters. The van der Waals surface area contributed by atoms with E-state index in [1.807, 2.05) is 0 Å². The van der Waals surface area contributed by atoms with Crippen LogP contribution in [-0.4, -0.2) is 15.0 Å². The van der Waals surface area contributed by atoms with Crippen LogP contribution in [0, 0.1) is 0 Å². The summed E-state index contributed by atoms with van der Waals surface area (Å²) in [4.78, 5) is 0.223. The van der Waals surface area contributed by atoms with Gasteiger partial charge in [-0.05, 0) is 48.4 Å². The van der Waals surface area contributed by atoms with E-state index >= 15 is 0 Å². The molecule has 0 aromatic heterocycles. The lowest BCUT2D eigenvalue weighted by atomic mass is 10.2. The topological polar surface area (TPSA) is 58.2 Å². The number of rotatable bonds is 3. The number of sulfonamides is 1. The van der Waals surface area contributed by atoms with Crippen molar-refractivity contribution in [1.82, 2.24) is 0 Å². The molecule has 110 valence electrons. The van der Waals surface area contributed by atoms with E-state index in [4.69, 9.17) is 23.2 Å². The van der Waals surface area contributed by atoms with Crippen molar-refractivity contribution < 1.29 is 8.42 Å². The summed E-state index contributed by atoms with van der Waals surface area (Å²) in [6, 6.07) is 9.61. The predicted molar refractivity (Wildman–Crippen MR) is 85.9 cm³/mol. The number of fused-ring (bicyclic) bond motifs is 1. The lowest BCUT2D eigenvalue weighted by Crippen LogP contribution is -2.13. The number of benzene rings is 2. The molecule has 0 saturated carbocycles. The Balaban J connectivity index is 1.93. The molecule has 1 aliphatic rings. The lowest BCUT2D eigenvalue weighted by Gasteiger charge is -2.10. The maximum Gasteiger partial charge on any atom is 0.261 e. The van der Waals surface area contributed by atoms with Gasteiger partial charge in [0.2, 0.25) is 0 Å². The summed E-state index contributed by atoms with van der Waals surface area (Å²) in [5.41, 5.74) is 2.33. The standard InChI is InChI=1S/C14H12Cl2N2O2S/c15-10-6-11(16)8-12(7-10)18-21(19,20)13-1-2-14-9(5-13)3-4-17-14/h1-2,5-8,17-18H,3-4H2. The molecular weight excluding hydrogens is 331 g/mol. The third kappa shape index (κ3) is 3.10. The molecular formula is C14H12Cl2N2O2S. The third-order valence-corrected chi connectivity index (χ3v) is 5.03. The zero-order valence-corrected chi connectivity index (χ0v) is 13.2. The highest BCUT2D eigenvalue weighted by atomic mass is 35.5. The van der Waals surface area contributed by atoms with Gasteiger partial charge in [0.1, 0.15) is 0 Å². The molecule has 2 N–H and O–H groups in total. The van der Waals surface area contributed by atoms with Crippen molar-refractivity contribution in [3.05, 3.63) is 52.0 Å². The summed E-state index contributed by atoms with van der Waals surface area (Å²) in [5, 5.41) is 3.94. The molecule has 0 aliphatic carbocycles. The van der Waals surface area contributed by atoms with Crippen LogP contribution in [0.1, 0.15) is 5.56 Å². The molecule has 2 aromatic rings. The molecule has 0 bridgehead atoms. The molecule has 0 spiro atoms. The average Bonchev–Trinajstić information content (AvgIpc) is 2.83. The fourth-order valence-corrected chi connectivity index (χ4v) is 3.89.